The minimum Gasteiger partial charge on any atom is -0.488 e. The lowest BCUT2D eigenvalue weighted by molar-refractivity contribution is 0.217. The molecule has 1 atom stereocenters. The van der Waals surface area contributed by atoms with Gasteiger partial charge in [-0.2, -0.15) is 0 Å². The Balaban J connectivity index is 1.86. The summed E-state index contributed by atoms with van der Waals surface area (Å²) in [7, 11) is 0. The van der Waals surface area contributed by atoms with Crippen molar-refractivity contribution in [2.75, 3.05) is 6.54 Å². The van der Waals surface area contributed by atoms with E-state index in [4.69, 9.17) is 27.9 Å². The molecule has 2 nitrogen and oxygen atoms in total. The van der Waals surface area contributed by atoms with Crippen LogP contribution < -0.4 is 10.1 Å². The Morgan fingerprint density at radius 1 is 1.44 bits per heavy atom. The molecule has 1 aromatic carbocycles. The van der Waals surface area contributed by atoms with Crippen molar-refractivity contribution in [1.29, 1.82) is 0 Å². The summed E-state index contributed by atoms with van der Waals surface area (Å²) in [5.74, 6) is 0.691. The van der Waals surface area contributed by atoms with Crippen molar-refractivity contribution in [3.05, 3.63) is 28.2 Å². The number of ether oxygens (including phenoxy) is 1. The van der Waals surface area contributed by atoms with Gasteiger partial charge < -0.3 is 10.1 Å². The minimum absolute atomic E-state index is 0.110. The van der Waals surface area contributed by atoms with Crippen LogP contribution in [-0.4, -0.2) is 18.7 Å². The number of hydrogen-bond donors (Lipinski definition) is 1. The molecule has 1 saturated carbocycles. The van der Waals surface area contributed by atoms with Crippen molar-refractivity contribution in [1.82, 2.24) is 5.32 Å². The second kappa shape index (κ2) is 5.26. The van der Waals surface area contributed by atoms with Crippen LogP contribution in [0, 0.1) is 0 Å². The molecule has 1 aromatic rings. The van der Waals surface area contributed by atoms with E-state index in [0.717, 1.165) is 6.54 Å². The first-order valence-corrected chi connectivity index (χ1v) is 6.26. The maximum atomic E-state index is 6.02. The molecule has 0 radical (unpaired) electrons. The zero-order valence-electron chi connectivity index (χ0n) is 9.17. The lowest BCUT2D eigenvalue weighted by Gasteiger charge is -2.16. The van der Waals surface area contributed by atoms with Gasteiger partial charge >= 0.3 is 0 Å². The Labute approximate surface area is 106 Å². The second-order valence-corrected chi connectivity index (χ2v) is 5.03. The largest absolute Gasteiger partial charge is 0.488 e. The van der Waals surface area contributed by atoms with Gasteiger partial charge in [0, 0.05) is 17.6 Å². The van der Waals surface area contributed by atoms with Crippen molar-refractivity contribution in [2.45, 2.75) is 31.9 Å². The van der Waals surface area contributed by atoms with Crippen LogP contribution in [0.2, 0.25) is 10.0 Å². The SMILES string of the molecule is CC(CNC1CC1)Oc1ccc(Cl)cc1Cl. The van der Waals surface area contributed by atoms with E-state index < -0.39 is 0 Å². The molecule has 0 aliphatic heterocycles. The lowest BCUT2D eigenvalue weighted by atomic mass is 10.3. The van der Waals surface area contributed by atoms with Crippen LogP contribution in [0.5, 0.6) is 5.75 Å². The summed E-state index contributed by atoms with van der Waals surface area (Å²) in [5, 5.41) is 4.60. The van der Waals surface area contributed by atoms with Gasteiger partial charge in [-0.3, -0.25) is 0 Å². The van der Waals surface area contributed by atoms with Crippen LogP contribution in [0.25, 0.3) is 0 Å². The van der Waals surface area contributed by atoms with E-state index >= 15 is 0 Å². The third-order valence-corrected chi connectivity index (χ3v) is 3.02. The van der Waals surface area contributed by atoms with Gasteiger partial charge in [0.2, 0.25) is 0 Å². The Morgan fingerprint density at radius 2 is 2.19 bits per heavy atom. The van der Waals surface area contributed by atoms with E-state index in [1.54, 1.807) is 18.2 Å². The van der Waals surface area contributed by atoms with Crippen LogP contribution in [0.15, 0.2) is 18.2 Å². The molecule has 0 spiro atoms. The topological polar surface area (TPSA) is 21.3 Å². The van der Waals surface area contributed by atoms with E-state index in [9.17, 15) is 0 Å². The normalized spacial score (nSPS) is 17.2. The first-order chi connectivity index (χ1) is 7.65. The van der Waals surface area contributed by atoms with Crippen LogP contribution in [0.3, 0.4) is 0 Å². The zero-order valence-corrected chi connectivity index (χ0v) is 10.7. The molecule has 1 aliphatic rings. The van der Waals surface area contributed by atoms with Gasteiger partial charge in [-0.15, -0.1) is 0 Å². The van der Waals surface area contributed by atoms with Crippen molar-refractivity contribution in [3.8, 4) is 5.75 Å². The molecule has 2 rings (SSSR count). The van der Waals surface area contributed by atoms with E-state index in [1.807, 2.05) is 6.92 Å². The maximum absolute atomic E-state index is 6.02. The number of nitrogens with one attached hydrogen (secondary N) is 1. The fourth-order valence-corrected chi connectivity index (χ4v) is 1.90. The minimum atomic E-state index is 0.110. The number of rotatable bonds is 5. The molecule has 0 aromatic heterocycles. The van der Waals surface area contributed by atoms with Gasteiger partial charge in [-0.25, -0.2) is 0 Å². The molecule has 0 amide bonds. The Bertz CT molecular complexity index is 366. The molecule has 88 valence electrons. The van der Waals surface area contributed by atoms with Gasteiger partial charge in [-0.05, 0) is 38.0 Å². The molecule has 16 heavy (non-hydrogen) atoms. The van der Waals surface area contributed by atoms with Crippen LogP contribution in [-0.2, 0) is 0 Å². The summed E-state index contributed by atoms with van der Waals surface area (Å²) < 4.78 is 5.73. The highest BCUT2D eigenvalue weighted by Crippen LogP contribution is 2.28. The highest BCUT2D eigenvalue weighted by molar-refractivity contribution is 6.35. The fraction of sp³-hybridized carbons (Fsp3) is 0.500. The Morgan fingerprint density at radius 3 is 2.81 bits per heavy atom. The quantitative estimate of drug-likeness (QED) is 0.874. The van der Waals surface area contributed by atoms with Crippen LogP contribution in [0.1, 0.15) is 19.8 Å². The molecular weight excluding hydrogens is 245 g/mol. The van der Waals surface area contributed by atoms with Crippen molar-refractivity contribution < 1.29 is 4.74 Å². The fourth-order valence-electron chi connectivity index (χ4n) is 1.45. The van der Waals surface area contributed by atoms with Crippen molar-refractivity contribution in [3.63, 3.8) is 0 Å². The molecule has 4 heteroatoms. The number of halogens is 2. The van der Waals surface area contributed by atoms with Gasteiger partial charge in [0.25, 0.3) is 0 Å². The highest BCUT2D eigenvalue weighted by atomic mass is 35.5. The molecule has 1 unspecified atom stereocenters. The van der Waals surface area contributed by atoms with E-state index in [2.05, 4.69) is 5.32 Å². The smallest absolute Gasteiger partial charge is 0.138 e. The summed E-state index contributed by atoms with van der Waals surface area (Å²) >= 11 is 11.8. The maximum Gasteiger partial charge on any atom is 0.138 e. The van der Waals surface area contributed by atoms with Crippen molar-refractivity contribution in [2.24, 2.45) is 0 Å². The molecule has 0 bridgehead atoms. The molecule has 1 fully saturated rings. The Hall–Kier alpha value is -0.440. The second-order valence-electron chi connectivity index (χ2n) is 4.19. The summed E-state index contributed by atoms with van der Waals surface area (Å²) in [6.07, 6.45) is 2.68. The van der Waals surface area contributed by atoms with E-state index in [-0.39, 0.29) is 6.10 Å². The highest BCUT2D eigenvalue weighted by Gasteiger charge is 2.21. The number of hydrogen-bond acceptors (Lipinski definition) is 2. The average Bonchev–Trinajstić information content (AvgIpc) is 3.03. The van der Waals surface area contributed by atoms with Gasteiger partial charge in [0.15, 0.2) is 0 Å². The lowest BCUT2D eigenvalue weighted by Crippen LogP contribution is -2.30. The van der Waals surface area contributed by atoms with Crippen molar-refractivity contribution >= 4 is 23.2 Å². The molecule has 1 aliphatic carbocycles. The monoisotopic (exact) mass is 259 g/mol. The van der Waals surface area contributed by atoms with E-state index in [0.29, 0.717) is 21.8 Å². The van der Waals surface area contributed by atoms with Crippen LogP contribution >= 0.6 is 23.2 Å². The third-order valence-electron chi connectivity index (χ3n) is 2.49. The molecular formula is C12H15Cl2NO. The third kappa shape index (κ3) is 3.55. The standard InChI is InChI=1S/C12H15Cl2NO/c1-8(7-15-10-3-4-10)16-12-5-2-9(13)6-11(12)14/h2,5-6,8,10,15H,3-4,7H2,1H3. The summed E-state index contributed by atoms with van der Waals surface area (Å²) in [6, 6.07) is 5.98. The number of benzene rings is 1. The molecule has 0 heterocycles. The average molecular weight is 260 g/mol. The summed E-state index contributed by atoms with van der Waals surface area (Å²) in [5.41, 5.74) is 0. The molecule has 0 saturated heterocycles. The zero-order chi connectivity index (χ0) is 11.5. The predicted octanol–water partition coefficient (Wildman–Crippen LogP) is 3.51. The van der Waals surface area contributed by atoms with Gasteiger partial charge in [0.1, 0.15) is 11.9 Å². The summed E-state index contributed by atoms with van der Waals surface area (Å²) in [4.78, 5) is 0. The summed E-state index contributed by atoms with van der Waals surface area (Å²) in [6.45, 7) is 2.88. The van der Waals surface area contributed by atoms with E-state index in [1.165, 1.54) is 12.8 Å². The Kier molecular flexibility index (Phi) is 3.95. The first-order valence-electron chi connectivity index (χ1n) is 5.50. The predicted molar refractivity (Wildman–Crippen MR) is 67.6 cm³/mol. The molecule has 1 N–H and O–H groups in total. The first kappa shape index (κ1) is 12.0. The van der Waals surface area contributed by atoms with Gasteiger partial charge in [-0.1, -0.05) is 23.2 Å². The van der Waals surface area contributed by atoms with Crippen LogP contribution in [0.4, 0.5) is 0 Å². The van der Waals surface area contributed by atoms with Gasteiger partial charge in [0.05, 0.1) is 5.02 Å².